The summed E-state index contributed by atoms with van der Waals surface area (Å²) < 4.78 is 0. The van der Waals surface area contributed by atoms with Gasteiger partial charge in [-0.25, -0.2) is 0 Å². The molecule has 8 heavy (non-hydrogen) atoms. The molecule has 0 atom stereocenters. The maximum absolute atomic E-state index is 2.23. The third-order valence-electron chi connectivity index (χ3n) is 0.957. The van der Waals surface area contributed by atoms with Crippen LogP contribution in [0.5, 0.6) is 0 Å². The molecule has 0 heterocycles. The van der Waals surface area contributed by atoms with Gasteiger partial charge in [0.25, 0.3) is 0 Å². The predicted octanol–water partition coefficient (Wildman–Crippen LogP) is 1.29. The van der Waals surface area contributed by atoms with Crippen molar-refractivity contribution in [3.63, 3.8) is 0 Å². The van der Waals surface area contributed by atoms with Gasteiger partial charge in [0, 0.05) is 0 Å². The molecule has 0 radical (unpaired) electrons. The predicted molar refractivity (Wildman–Crippen MR) is 44.1 cm³/mol. The second-order valence-corrected chi connectivity index (χ2v) is 1.71. The topological polar surface area (TPSA) is 0 Å². The van der Waals surface area contributed by atoms with E-state index in [0.29, 0.717) is 0 Å². The molecule has 42 valence electrons. The monoisotopic (exact) mass is 166 g/mol. The quantitative estimate of drug-likeness (QED) is 0.438. The summed E-state index contributed by atoms with van der Waals surface area (Å²) in [5.41, 5.74) is 0. The van der Waals surface area contributed by atoms with Gasteiger partial charge in [0.15, 0.2) is 0 Å². The van der Waals surface area contributed by atoms with Crippen molar-refractivity contribution in [1.82, 2.24) is 0 Å². The number of rotatable bonds is 3. The summed E-state index contributed by atoms with van der Waals surface area (Å²) in [6.07, 6.45) is 5.54. The SMILES string of the molecule is CCCCCC.[KH].[KH]. The molecule has 0 aromatic carbocycles. The molecule has 0 unspecified atom stereocenters. The van der Waals surface area contributed by atoms with Crippen LogP contribution in [0.1, 0.15) is 39.5 Å². The molecule has 0 aromatic rings. The number of unbranched alkanes of at least 4 members (excludes halogenated alkanes) is 3. The van der Waals surface area contributed by atoms with Crippen LogP contribution >= 0.6 is 0 Å². The molecule has 0 aliphatic carbocycles. The molecule has 0 aromatic heterocycles. The van der Waals surface area contributed by atoms with Crippen molar-refractivity contribution >= 4 is 103 Å². The van der Waals surface area contributed by atoms with E-state index >= 15 is 0 Å². The molecule has 0 nitrogen and oxygen atoms in total. The van der Waals surface area contributed by atoms with Crippen LogP contribution in [0.2, 0.25) is 0 Å². The van der Waals surface area contributed by atoms with Crippen molar-refractivity contribution in [1.29, 1.82) is 0 Å². The fraction of sp³-hybridized carbons (Fsp3) is 1.00. The van der Waals surface area contributed by atoms with E-state index in [9.17, 15) is 0 Å². The van der Waals surface area contributed by atoms with Gasteiger partial charge in [-0.05, 0) is 0 Å². The fourth-order valence-electron chi connectivity index (χ4n) is 0.500. The molecule has 0 saturated heterocycles. The van der Waals surface area contributed by atoms with Crippen molar-refractivity contribution in [3.8, 4) is 0 Å². The third-order valence-corrected chi connectivity index (χ3v) is 0.957. The first-order valence-corrected chi connectivity index (χ1v) is 2.91. The minimum absolute atomic E-state index is 0. The molecular weight excluding hydrogens is 150 g/mol. The number of hydrogen-bond acceptors (Lipinski definition) is 0. The molecule has 0 aliphatic heterocycles. The Morgan fingerprint density at radius 3 is 1.12 bits per heavy atom. The summed E-state index contributed by atoms with van der Waals surface area (Å²) in [5.74, 6) is 0. The molecule has 0 fully saturated rings. The number of hydrogen-bond donors (Lipinski definition) is 0. The Morgan fingerprint density at radius 2 is 1.00 bits per heavy atom. The Labute approximate surface area is 138 Å². The average molecular weight is 166 g/mol. The molecular formula is C6H16K2. The van der Waals surface area contributed by atoms with Gasteiger partial charge in [-0.2, -0.15) is 0 Å². The van der Waals surface area contributed by atoms with Gasteiger partial charge in [0.1, 0.15) is 0 Å². The summed E-state index contributed by atoms with van der Waals surface area (Å²) >= 11 is 0. The van der Waals surface area contributed by atoms with E-state index in [1.54, 1.807) is 0 Å². The van der Waals surface area contributed by atoms with E-state index in [-0.39, 0.29) is 103 Å². The van der Waals surface area contributed by atoms with Crippen LogP contribution < -0.4 is 0 Å². The normalized spacial score (nSPS) is 6.75. The second kappa shape index (κ2) is 16.7. The standard InChI is InChI=1S/C6H14.2K.2H/c1-3-5-6-4-2;;;;/h3-6H2,1-2H3;;;;. The summed E-state index contributed by atoms with van der Waals surface area (Å²) in [5, 5.41) is 0. The van der Waals surface area contributed by atoms with E-state index in [1.165, 1.54) is 25.7 Å². The molecule has 0 spiro atoms. The van der Waals surface area contributed by atoms with Crippen LogP contribution in [0.25, 0.3) is 0 Å². The molecule has 0 N–H and O–H groups in total. The van der Waals surface area contributed by atoms with Crippen LogP contribution in [-0.4, -0.2) is 103 Å². The van der Waals surface area contributed by atoms with Crippen LogP contribution in [-0.2, 0) is 0 Å². The summed E-state index contributed by atoms with van der Waals surface area (Å²) in [4.78, 5) is 0. The Balaban J connectivity index is -0.000000125. The minimum atomic E-state index is 0. The molecule has 0 rings (SSSR count). The van der Waals surface area contributed by atoms with Crippen molar-refractivity contribution < 1.29 is 0 Å². The van der Waals surface area contributed by atoms with Gasteiger partial charge in [-0.15, -0.1) is 0 Å². The first kappa shape index (κ1) is 17.4. The summed E-state index contributed by atoms with van der Waals surface area (Å²) in [6, 6.07) is 0. The van der Waals surface area contributed by atoms with Crippen LogP contribution in [0.15, 0.2) is 0 Å². The van der Waals surface area contributed by atoms with Crippen molar-refractivity contribution in [2.45, 2.75) is 39.5 Å². The third kappa shape index (κ3) is 16.1. The molecule has 2 heteroatoms. The van der Waals surface area contributed by atoms with E-state index in [4.69, 9.17) is 0 Å². The van der Waals surface area contributed by atoms with Crippen molar-refractivity contribution in [3.05, 3.63) is 0 Å². The average Bonchev–Trinajstić information content (AvgIpc) is 1.61. The Kier molecular flexibility index (Phi) is 36.3. The van der Waals surface area contributed by atoms with Gasteiger partial charge >= 0.3 is 103 Å². The summed E-state index contributed by atoms with van der Waals surface area (Å²) in [7, 11) is 0. The van der Waals surface area contributed by atoms with Gasteiger partial charge in [0.2, 0.25) is 0 Å². The zero-order chi connectivity index (χ0) is 4.83. The Bertz CT molecular complexity index is 18.5. The molecule has 0 saturated carbocycles. The van der Waals surface area contributed by atoms with Crippen LogP contribution in [0.4, 0.5) is 0 Å². The molecule has 0 bridgehead atoms. The molecule has 0 aliphatic rings. The summed E-state index contributed by atoms with van der Waals surface area (Å²) in [6.45, 7) is 4.46. The first-order chi connectivity index (χ1) is 2.91. The van der Waals surface area contributed by atoms with Gasteiger partial charge < -0.3 is 0 Å². The zero-order valence-electron chi connectivity index (χ0n) is 4.83. The maximum atomic E-state index is 2.23. The second-order valence-electron chi connectivity index (χ2n) is 1.71. The molecule has 0 amide bonds. The Hall–Kier alpha value is 3.27. The van der Waals surface area contributed by atoms with Crippen molar-refractivity contribution in [2.24, 2.45) is 0 Å². The fourth-order valence-corrected chi connectivity index (χ4v) is 0.500. The van der Waals surface area contributed by atoms with Gasteiger partial charge in [-0.3, -0.25) is 0 Å². The van der Waals surface area contributed by atoms with Gasteiger partial charge in [0.05, 0.1) is 0 Å². The van der Waals surface area contributed by atoms with E-state index in [2.05, 4.69) is 13.8 Å². The zero-order valence-corrected chi connectivity index (χ0v) is 4.83. The van der Waals surface area contributed by atoms with E-state index < -0.39 is 0 Å². The van der Waals surface area contributed by atoms with Gasteiger partial charge in [-0.1, -0.05) is 39.5 Å². The van der Waals surface area contributed by atoms with E-state index in [0.717, 1.165) is 0 Å². The van der Waals surface area contributed by atoms with E-state index in [1.807, 2.05) is 0 Å². The van der Waals surface area contributed by atoms with Crippen LogP contribution in [0, 0.1) is 0 Å². The Morgan fingerprint density at radius 1 is 0.750 bits per heavy atom. The van der Waals surface area contributed by atoms with Crippen LogP contribution in [0.3, 0.4) is 0 Å². The first-order valence-electron chi connectivity index (χ1n) is 2.91. The van der Waals surface area contributed by atoms with Crippen molar-refractivity contribution in [2.75, 3.05) is 0 Å².